The van der Waals surface area contributed by atoms with Gasteiger partial charge in [-0.3, -0.25) is 9.78 Å². The van der Waals surface area contributed by atoms with Gasteiger partial charge >= 0.3 is 0 Å². The molecular formula is C11H9ClN6O. The molecule has 6 N–H and O–H groups in total. The van der Waals surface area contributed by atoms with Gasteiger partial charge < -0.3 is 16.5 Å². The summed E-state index contributed by atoms with van der Waals surface area (Å²) in [6, 6.07) is 5.07. The summed E-state index contributed by atoms with van der Waals surface area (Å²) in [5.41, 5.74) is 12.5. The number of rotatable bonds is 1. The van der Waals surface area contributed by atoms with Crippen molar-refractivity contribution in [1.29, 1.82) is 0 Å². The van der Waals surface area contributed by atoms with Crippen LogP contribution in [0.2, 0.25) is 5.02 Å². The Kier molecular flexibility index (Phi) is 2.42. The maximum Gasteiger partial charge on any atom is 0.278 e. The number of nitrogens with zero attached hydrogens (tertiary/aromatic N) is 2. The lowest BCUT2D eigenvalue weighted by atomic mass is 10.2. The lowest BCUT2D eigenvalue weighted by Crippen LogP contribution is -2.10. The quantitative estimate of drug-likeness (QED) is 0.496. The molecule has 0 atom stereocenters. The molecule has 0 unspecified atom stereocenters. The number of nitrogens with two attached hydrogens (primary N) is 2. The van der Waals surface area contributed by atoms with Crippen molar-refractivity contribution in [1.82, 2.24) is 19.9 Å². The molecule has 96 valence electrons. The largest absolute Gasteiger partial charge is 0.398 e. The first-order chi connectivity index (χ1) is 9.04. The Morgan fingerprint density at radius 3 is 2.68 bits per heavy atom. The highest BCUT2D eigenvalue weighted by molar-refractivity contribution is 6.33. The number of nitrogens with one attached hydrogen (secondary N) is 2. The van der Waals surface area contributed by atoms with Gasteiger partial charge in [0.1, 0.15) is 5.82 Å². The topological polar surface area (TPSA) is 126 Å². The van der Waals surface area contributed by atoms with Crippen molar-refractivity contribution < 1.29 is 0 Å². The normalized spacial score (nSPS) is 11.0. The van der Waals surface area contributed by atoms with Gasteiger partial charge in [-0.05, 0) is 18.2 Å². The zero-order valence-electron chi connectivity index (χ0n) is 9.57. The van der Waals surface area contributed by atoms with Crippen molar-refractivity contribution in [3.05, 3.63) is 33.6 Å². The van der Waals surface area contributed by atoms with Crippen molar-refractivity contribution in [2.75, 3.05) is 11.5 Å². The highest BCUT2D eigenvalue weighted by atomic mass is 35.5. The maximum atomic E-state index is 11.7. The van der Waals surface area contributed by atoms with Gasteiger partial charge in [-0.25, -0.2) is 4.98 Å². The molecule has 2 heterocycles. The number of fused-ring (bicyclic) bond motifs is 1. The first-order valence-electron chi connectivity index (χ1n) is 5.35. The second-order valence-electron chi connectivity index (χ2n) is 3.97. The fraction of sp³-hybridized carbons (Fsp3) is 0. The first-order valence-corrected chi connectivity index (χ1v) is 5.73. The summed E-state index contributed by atoms with van der Waals surface area (Å²) in [7, 11) is 0. The third-order valence-electron chi connectivity index (χ3n) is 2.65. The number of imidazole rings is 1. The average molecular weight is 277 g/mol. The van der Waals surface area contributed by atoms with Crippen molar-refractivity contribution in [3.63, 3.8) is 0 Å². The van der Waals surface area contributed by atoms with E-state index in [1.54, 1.807) is 18.2 Å². The van der Waals surface area contributed by atoms with E-state index in [4.69, 9.17) is 23.1 Å². The van der Waals surface area contributed by atoms with Crippen molar-refractivity contribution in [2.45, 2.75) is 0 Å². The van der Waals surface area contributed by atoms with Crippen LogP contribution in [0.15, 0.2) is 23.0 Å². The molecule has 0 fully saturated rings. The second-order valence-corrected chi connectivity index (χ2v) is 4.38. The molecular weight excluding hydrogens is 268 g/mol. The van der Waals surface area contributed by atoms with Crippen LogP contribution >= 0.6 is 11.6 Å². The summed E-state index contributed by atoms with van der Waals surface area (Å²) in [6.07, 6.45) is 0. The smallest absolute Gasteiger partial charge is 0.278 e. The van der Waals surface area contributed by atoms with E-state index in [0.29, 0.717) is 22.1 Å². The van der Waals surface area contributed by atoms with E-state index in [2.05, 4.69) is 19.9 Å². The van der Waals surface area contributed by atoms with Crippen LogP contribution in [0.25, 0.3) is 22.6 Å². The lowest BCUT2D eigenvalue weighted by Gasteiger charge is -2.00. The van der Waals surface area contributed by atoms with Gasteiger partial charge in [0.15, 0.2) is 11.2 Å². The standard InChI is InChI=1S/C11H9ClN6O/c12-5-2-1-4(3-6(5)13)8-15-7-9(16-8)17-11(14)18-10(7)19/h1-3H,13H2,(H4,14,15,16,17,18,19). The van der Waals surface area contributed by atoms with Gasteiger partial charge in [0.25, 0.3) is 5.56 Å². The molecule has 3 aromatic rings. The van der Waals surface area contributed by atoms with E-state index in [1.165, 1.54) is 0 Å². The van der Waals surface area contributed by atoms with Crippen LogP contribution in [0, 0.1) is 0 Å². The Hall–Kier alpha value is -2.54. The Labute approximate surface area is 111 Å². The molecule has 0 saturated carbocycles. The highest BCUT2D eigenvalue weighted by Gasteiger charge is 2.11. The van der Waals surface area contributed by atoms with E-state index >= 15 is 0 Å². The van der Waals surface area contributed by atoms with E-state index in [9.17, 15) is 4.79 Å². The Balaban J connectivity index is 2.23. The molecule has 8 heteroatoms. The minimum absolute atomic E-state index is 0.0196. The number of aromatic nitrogens is 4. The molecule has 7 nitrogen and oxygen atoms in total. The van der Waals surface area contributed by atoms with Crippen LogP contribution in [-0.4, -0.2) is 19.9 Å². The van der Waals surface area contributed by atoms with Gasteiger partial charge in [-0.15, -0.1) is 0 Å². The van der Waals surface area contributed by atoms with Crippen LogP contribution in [0.5, 0.6) is 0 Å². The van der Waals surface area contributed by atoms with Crippen LogP contribution in [0.3, 0.4) is 0 Å². The number of H-pyrrole nitrogens is 2. The van der Waals surface area contributed by atoms with Gasteiger partial charge in [-0.1, -0.05) is 11.6 Å². The molecule has 0 aliphatic rings. The Bertz CT molecular complexity index is 837. The molecule has 0 amide bonds. The Morgan fingerprint density at radius 1 is 1.16 bits per heavy atom. The number of aromatic amines is 2. The molecule has 0 bridgehead atoms. The Morgan fingerprint density at radius 2 is 1.95 bits per heavy atom. The van der Waals surface area contributed by atoms with E-state index in [-0.39, 0.29) is 22.7 Å². The fourth-order valence-corrected chi connectivity index (χ4v) is 1.87. The summed E-state index contributed by atoms with van der Waals surface area (Å²) in [6.45, 7) is 0. The maximum absolute atomic E-state index is 11.7. The zero-order valence-corrected chi connectivity index (χ0v) is 10.3. The average Bonchev–Trinajstić information content (AvgIpc) is 2.76. The number of benzene rings is 1. The monoisotopic (exact) mass is 276 g/mol. The number of anilines is 2. The summed E-state index contributed by atoms with van der Waals surface area (Å²) >= 11 is 5.85. The summed E-state index contributed by atoms with van der Waals surface area (Å²) in [5, 5.41) is 0.458. The molecule has 0 aliphatic heterocycles. The summed E-state index contributed by atoms with van der Waals surface area (Å²) in [4.78, 5) is 25.1. The number of hydrogen-bond donors (Lipinski definition) is 4. The fourth-order valence-electron chi connectivity index (χ4n) is 1.75. The zero-order chi connectivity index (χ0) is 13.6. The minimum Gasteiger partial charge on any atom is -0.398 e. The molecule has 0 spiro atoms. The summed E-state index contributed by atoms with van der Waals surface area (Å²) < 4.78 is 0. The molecule has 2 aromatic heterocycles. The first kappa shape index (κ1) is 11.5. The molecule has 0 aliphatic carbocycles. The predicted octanol–water partition coefficient (Wildman–Crippen LogP) is 1.13. The van der Waals surface area contributed by atoms with Gasteiger partial charge in [0.05, 0.1) is 10.7 Å². The molecule has 19 heavy (non-hydrogen) atoms. The number of halogens is 1. The van der Waals surface area contributed by atoms with Crippen LogP contribution in [-0.2, 0) is 0 Å². The van der Waals surface area contributed by atoms with E-state index in [0.717, 1.165) is 0 Å². The highest BCUT2D eigenvalue weighted by Crippen LogP contribution is 2.25. The lowest BCUT2D eigenvalue weighted by molar-refractivity contribution is 1.17. The van der Waals surface area contributed by atoms with Crippen molar-refractivity contribution >= 4 is 34.4 Å². The van der Waals surface area contributed by atoms with Crippen LogP contribution in [0.4, 0.5) is 11.6 Å². The molecule has 1 aromatic carbocycles. The van der Waals surface area contributed by atoms with E-state index < -0.39 is 0 Å². The van der Waals surface area contributed by atoms with E-state index in [1.807, 2.05) is 0 Å². The molecule has 0 radical (unpaired) electrons. The summed E-state index contributed by atoms with van der Waals surface area (Å²) in [5.74, 6) is 0.494. The number of nitrogen functional groups attached to an aromatic ring is 2. The molecule has 3 rings (SSSR count). The SMILES string of the molecule is Nc1nc2nc(-c3ccc(Cl)c(N)c3)[nH]c2c(=O)[nH]1. The van der Waals surface area contributed by atoms with Gasteiger partial charge in [0.2, 0.25) is 5.95 Å². The number of hydrogen-bond acceptors (Lipinski definition) is 5. The van der Waals surface area contributed by atoms with Crippen molar-refractivity contribution in [2.24, 2.45) is 0 Å². The second kappa shape index (κ2) is 3.99. The van der Waals surface area contributed by atoms with Crippen LogP contribution in [0.1, 0.15) is 0 Å². The third kappa shape index (κ3) is 1.89. The molecule has 0 saturated heterocycles. The predicted molar refractivity (Wildman–Crippen MR) is 73.8 cm³/mol. The van der Waals surface area contributed by atoms with Crippen LogP contribution < -0.4 is 17.0 Å². The van der Waals surface area contributed by atoms with Gasteiger partial charge in [0, 0.05) is 5.56 Å². The van der Waals surface area contributed by atoms with Crippen molar-refractivity contribution in [3.8, 4) is 11.4 Å². The van der Waals surface area contributed by atoms with Gasteiger partial charge in [-0.2, -0.15) is 4.98 Å². The third-order valence-corrected chi connectivity index (χ3v) is 2.99. The minimum atomic E-state index is -0.372.